The van der Waals surface area contributed by atoms with E-state index in [2.05, 4.69) is 22.0 Å². The topological polar surface area (TPSA) is 50.8 Å². The van der Waals surface area contributed by atoms with Crippen molar-refractivity contribution in [1.29, 1.82) is 0 Å². The van der Waals surface area contributed by atoms with Gasteiger partial charge in [0, 0.05) is 32.1 Å². The number of hydrogen-bond donors (Lipinski definition) is 0. The molecule has 0 radical (unpaired) electrons. The van der Waals surface area contributed by atoms with Gasteiger partial charge in [0.05, 0.1) is 11.3 Å². The van der Waals surface area contributed by atoms with Gasteiger partial charge in [-0.3, -0.25) is 9.69 Å². The van der Waals surface area contributed by atoms with Crippen LogP contribution in [-0.4, -0.2) is 21.0 Å². The fourth-order valence-electron chi connectivity index (χ4n) is 3.04. The number of hydrogen-bond acceptors (Lipinski definition) is 4. The molecule has 3 aromatic rings. The second kappa shape index (κ2) is 5.10. The predicted molar refractivity (Wildman–Crippen MR) is 82.7 cm³/mol. The van der Waals surface area contributed by atoms with Crippen molar-refractivity contribution >= 4 is 5.65 Å². The highest BCUT2D eigenvalue weighted by Gasteiger charge is 2.22. The van der Waals surface area contributed by atoms with Gasteiger partial charge >= 0.3 is 0 Å². The summed E-state index contributed by atoms with van der Waals surface area (Å²) in [7, 11) is 0. The lowest BCUT2D eigenvalue weighted by atomic mass is 10.1. The summed E-state index contributed by atoms with van der Waals surface area (Å²) in [6.07, 6.45) is 0.804. The van der Waals surface area contributed by atoms with Gasteiger partial charge in [-0.25, -0.2) is 4.98 Å². The van der Waals surface area contributed by atoms with Crippen molar-refractivity contribution in [3.63, 3.8) is 0 Å². The average Bonchev–Trinajstić information content (AvgIpc) is 2.90. The van der Waals surface area contributed by atoms with Crippen LogP contribution >= 0.6 is 0 Å². The number of nitrogens with zero attached hydrogens (tertiary/aromatic N) is 3. The van der Waals surface area contributed by atoms with E-state index in [0.29, 0.717) is 18.0 Å². The maximum atomic E-state index is 12.6. The third kappa shape index (κ3) is 2.23. The molecule has 22 heavy (non-hydrogen) atoms. The Morgan fingerprint density at radius 1 is 1.27 bits per heavy atom. The molecule has 0 atom stereocenters. The van der Waals surface area contributed by atoms with E-state index in [-0.39, 0.29) is 5.56 Å². The highest BCUT2D eigenvalue weighted by molar-refractivity contribution is 5.40. The Hall–Kier alpha value is -2.40. The summed E-state index contributed by atoms with van der Waals surface area (Å²) < 4.78 is 6.75. The molecule has 0 bridgehead atoms. The van der Waals surface area contributed by atoms with Crippen molar-refractivity contribution in [2.75, 3.05) is 6.54 Å². The second-order valence-electron chi connectivity index (χ2n) is 5.79. The molecule has 0 unspecified atom stereocenters. The molecule has 1 aliphatic rings. The minimum absolute atomic E-state index is 0.0779. The zero-order valence-corrected chi connectivity index (χ0v) is 12.5. The summed E-state index contributed by atoms with van der Waals surface area (Å²) in [6.45, 7) is 4.22. The van der Waals surface area contributed by atoms with Crippen LogP contribution < -0.4 is 5.56 Å². The van der Waals surface area contributed by atoms with Gasteiger partial charge in [-0.1, -0.05) is 30.3 Å². The van der Waals surface area contributed by atoms with E-state index in [1.807, 2.05) is 25.1 Å². The molecule has 5 heteroatoms. The first kappa shape index (κ1) is 13.3. The van der Waals surface area contributed by atoms with Crippen molar-refractivity contribution in [3.8, 4) is 0 Å². The molecular weight excluding hydrogens is 278 g/mol. The fraction of sp³-hybridized carbons (Fsp3) is 0.294. The maximum Gasteiger partial charge on any atom is 0.291 e. The van der Waals surface area contributed by atoms with Crippen LogP contribution in [0.4, 0.5) is 0 Å². The van der Waals surface area contributed by atoms with E-state index in [9.17, 15) is 4.79 Å². The minimum Gasteiger partial charge on any atom is -0.375 e. The Balaban J connectivity index is 1.68. The number of fused-ring (bicyclic) bond motifs is 2. The van der Waals surface area contributed by atoms with Gasteiger partial charge in [0.2, 0.25) is 0 Å². The van der Waals surface area contributed by atoms with Crippen LogP contribution in [-0.2, 0) is 19.5 Å². The van der Waals surface area contributed by atoms with Gasteiger partial charge in [0.1, 0.15) is 5.76 Å². The summed E-state index contributed by atoms with van der Waals surface area (Å²) in [6, 6.07) is 12.1. The van der Waals surface area contributed by atoms with Crippen LogP contribution in [0.2, 0.25) is 0 Å². The van der Waals surface area contributed by atoms with Crippen molar-refractivity contribution in [3.05, 3.63) is 69.3 Å². The lowest BCUT2D eigenvalue weighted by Crippen LogP contribution is -2.36. The van der Waals surface area contributed by atoms with Crippen LogP contribution in [0, 0.1) is 6.92 Å². The fourth-order valence-corrected chi connectivity index (χ4v) is 3.04. The monoisotopic (exact) mass is 295 g/mol. The Bertz CT molecular complexity index is 880. The zero-order chi connectivity index (χ0) is 15.1. The summed E-state index contributed by atoms with van der Waals surface area (Å²) in [5.41, 5.74) is 3.46. The molecule has 4 rings (SSSR count). The van der Waals surface area contributed by atoms with Crippen molar-refractivity contribution in [2.45, 2.75) is 26.4 Å². The van der Waals surface area contributed by atoms with Crippen LogP contribution in [0.25, 0.3) is 5.65 Å². The van der Waals surface area contributed by atoms with E-state index in [0.717, 1.165) is 30.8 Å². The van der Waals surface area contributed by atoms with Gasteiger partial charge in [-0.15, -0.1) is 4.57 Å². The normalized spacial score (nSPS) is 15.1. The lowest BCUT2D eigenvalue weighted by molar-refractivity contribution is 0.238. The summed E-state index contributed by atoms with van der Waals surface area (Å²) >= 11 is 0. The SMILES string of the molecule is Cc1cc2nc3c(c(=O)n2o1)CN(Cc1ccccc1)CC3. The van der Waals surface area contributed by atoms with Crippen LogP contribution in [0.1, 0.15) is 22.6 Å². The van der Waals surface area contributed by atoms with Gasteiger partial charge in [0.25, 0.3) is 5.56 Å². The van der Waals surface area contributed by atoms with Crippen LogP contribution in [0.15, 0.2) is 45.7 Å². The molecule has 0 spiro atoms. The molecule has 1 aliphatic heterocycles. The van der Waals surface area contributed by atoms with Gasteiger partial charge < -0.3 is 4.52 Å². The van der Waals surface area contributed by atoms with E-state index in [1.54, 1.807) is 6.07 Å². The summed E-state index contributed by atoms with van der Waals surface area (Å²) in [4.78, 5) is 19.4. The Labute approximate surface area is 127 Å². The number of benzene rings is 1. The van der Waals surface area contributed by atoms with Gasteiger partial charge in [-0.05, 0) is 12.5 Å². The molecule has 0 N–H and O–H groups in total. The Kier molecular flexibility index (Phi) is 3.08. The first-order chi connectivity index (χ1) is 10.7. The van der Waals surface area contributed by atoms with E-state index >= 15 is 0 Å². The molecule has 2 aromatic heterocycles. The van der Waals surface area contributed by atoms with Crippen molar-refractivity contribution in [1.82, 2.24) is 14.5 Å². The highest BCUT2D eigenvalue weighted by Crippen LogP contribution is 2.18. The molecular formula is C17H17N3O2. The predicted octanol–water partition coefficient (Wildman–Crippen LogP) is 2.15. The molecule has 1 aromatic carbocycles. The molecule has 112 valence electrons. The Morgan fingerprint density at radius 2 is 2.09 bits per heavy atom. The molecule has 0 saturated carbocycles. The van der Waals surface area contributed by atoms with Crippen molar-refractivity contribution < 1.29 is 4.52 Å². The third-order valence-corrected chi connectivity index (χ3v) is 4.11. The first-order valence-corrected chi connectivity index (χ1v) is 7.48. The minimum atomic E-state index is -0.0779. The van der Waals surface area contributed by atoms with Gasteiger partial charge in [0.15, 0.2) is 5.65 Å². The molecule has 0 saturated heterocycles. The number of aryl methyl sites for hydroxylation is 1. The molecule has 0 amide bonds. The highest BCUT2D eigenvalue weighted by atomic mass is 16.5. The lowest BCUT2D eigenvalue weighted by Gasteiger charge is -2.27. The molecule has 0 fully saturated rings. The molecule has 0 aliphatic carbocycles. The summed E-state index contributed by atoms with van der Waals surface area (Å²) in [5, 5.41) is 0. The van der Waals surface area contributed by atoms with Crippen LogP contribution in [0.3, 0.4) is 0 Å². The first-order valence-electron chi connectivity index (χ1n) is 7.48. The maximum absolute atomic E-state index is 12.6. The average molecular weight is 295 g/mol. The summed E-state index contributed by atoms with van der Waals surface area (Å²) in [5.74, 6) is 0.702. The smallest absolute Gasteiger partial charge is 0.291 e. The second-order valence-corrected chi connectivity index (χ2v) is 5.79. The largest absolute Gasteiger partial charge is 0.375 e. The molecule has 3 heterocycles. The van der Waals surface area contributed by atoms with E-state index in [4.69, 9.17) is 4.52 Å². The standard InChI is InChI=1S/C17H17N3O2/c1-12-9-16-18-15-7-8-19(10-13-5-3-2-4-6-13)11-14(15)17(21)20(16)22-12/h2-6,9H,7-8,10-11H2,1H3. The zero-order valence-electron chi connectivity index (χ0n) is 12.5. The van der Waals surface area contributed by atoms with E-state index < -0.39 is 0 Å². The third-order valence-electron chi connectivity index (χ3n) is 4.11. The molecule has 5 nitrogen and oxygen atoms in total. The number of aromatic nitrogens is 2. The van der Waals surface area contributed by atoms with Crippen molar-refractivity contribution in [2.24, 2.45) is 0 Å². The number of rotatable bonds is 2. The quantitative estimate of drug-likeness (QED) is 0.727. The van der Waals surface area contributed by atoms with Gasteiger partial charge in [-0.2, -0.15) is 0 Å². The van der Waals surface area contributed by atoms with E-state index in [1.165, 1.54) is 10.1 Å². The Morgan fingerprint density at radius 3 is 2.91 bits per heavy atom. The van der Waals surface area contributed by atoms with Crippen LogP contribution in [0.5, 0.6) is 0 Å².